The van der Waals surface area contributed by atoms with Gasteiger partial charge in [-0.15, -0.1) is 0 Å². The number of nitrogens with one attached hydrogen (secondary N) is 1. The first-order valence-electron chi connectivity index (χ1n) is 8.96. The Kier molecular flexibility index (Phi) is 5.68. The largest absolute Gasteiger partial charge is 0.466 e. The zero-order valence-corrected chi connectivity index (χ0v) is 17.0. The number of aryl methyl sites for hydroxylation is 3. The van der Waals surface area contributed by atoms with Crippen LogP contribution in [0.15, 0.2) is 46.5 Å². The van der Waals surface area contributed by atoms with Gasteiger partial charge in [-0.05, 0) is 61.7 Å². The van der Waals surface area contributed by atoms with Crippen molar-refractivity contribution < 1.29 is 23.5 Å². The predicted molar refractivity (Wildman–Crippen MR) is 109 cm³/mol. The van der Waals surface area contributed by atoms with Gasteiger partial charge in [0, 0.05) is 11.3 Å². The van der Waals surface area contributed by atoms with E-state index in [0.29, 0.717) is 17.2 Å². The molecule has 1 aromatic heterocycles. The maximum Gasteiger partial charge on any atom is 0.354 e. The van der Waals surface area contributed by atoms with Crippen LogP contribution in [0, 0.1) is 20.8 Å². The Labute approximate surface area is 168 Å². The third-order valence-corrected chi connectivity index (χ3v) is 4.63. The highest BCUT2D eigenvalue weighted by Gasteiger charge is 2.16. The molecule has 7 heteroatoms. The van der Waals surface area contributed by atoms with E-state index < -0.39 is 11.9 Å². The Hall–Kier alpha value is -3.61. The van der Waals surface area contributed by atoms with Crippen molar-refractivity contribution in [2.75, 3.05) is 19.5 Å². The molecular weight excluding hydrogens is 372 g/mol. The minimum absolute atomic E-state index is 0.0385. The monoisotopic (exact) mass is 394 g/mol. The van der Waals surface area contributed by atoms with Crippen LogP contribution in [0.5, 0.6) is 0 Å². The van der Waals surface area contributed by atoms with Gasteiger partial charge in [0.15, 0.2) is 5.58 Å². The molecule has 3 aromatic rings. The molecule has 1 heterocycles. The molecule has 0 saturated heterocycles. The van der Waals surface area contributed by atoms with Gasteiger partial charge in [-0.2, -0.15) is 0 Å². The SMILES string of the molecule is COC(=O)/C=C(/Nc1cc(-c2nc3cc(C)c(C)cc3o2)ccc1C)C(=O)OC. The van der Waals surface area contributed by atoms with Crippen LogP contribution >= 0.6 is 0 Å². The number of oxazole rings is 1. The molecule has 7 nitrogen and oxygen atoms in total. The van der Waals surface area contributed by atoms with Gasteiger partial charge in [-0.3, -0.25) is 0 Å². The van der Waals surface area contributed by atoms with E-state index in [0.717, 1.165) is 33.8 Å². The molecule has 3 rings (SSSR count). The minimum Gasteiger partial charge on any atom is -0.466 e. The van der Waals surface area contributed by atoms with Crippen molar-refractivity contribution in [1.82, 2.24) is 4.98 Å². The van der Waals surface area contributed by atoms with Crippen LogP contribution in [0.2, 0.25) is 0 Å². The number of anilines is 1. The number of hydrogen-bond donors (Lipinski definition) is 1. The van der Waals surface area contributed by atoms with Crippen molar-refractivity contribution in [3.8, 4) is 11.5 Å². The first-order chi connectivity index (χ1) is 13.8. The highest BCUT2D eigenvalue weighted by Crippen LogP contribution is 2.29. The molecule has 29 heavy (non-hydrogen) atoms. The van der Waals surface area contributed by atoms with E-state index in [-0.39, 0.29) is 5.70 Å². The van der Waals surface area contributed by atoms with Crippen molar-refractivity contribution in [3.63, 3.8) is 0 Å². The molecule has 0 radical (unpaired) electrons. The molecule has 150 valence electrons. The van der Waals surface area contributed by atoms with E-state index in [1.165, 1.54) is 14.2 Å². The Balaban J connectivity index is 2.00. The van der Waals surface area contributed by atoms with E-state index in [4.69, 9.17) is 9.15 Å². The quantitative estimate of drug-likeness (QED) is 0.515. The Morgan fingerprint density at radius 3 is 2.41 bits per heavy atom. The van der Waals surface area contributed by atoms with Crippen LogP contribution in [0.1, 0.15) is 16.7 Å². The van der Waals surface area contributed by atoms with E-state index in [9.17, 15) is 9.59 Å². The molecule has 0 atom stereocenters. The van der Waals surface area contributed by atoms with Gasteiger partial charge in [0.2, 0.25) is 5.89 Å². The molecule has 1 N–H and O–H groups in total. The fourth-order valence-corrected chi connectivity index (χ4v) is 2.77. The van der Waals surface area contributed by atoms with Gasteiger partial charge in [0.25, 0.3) is 0 Å². The molecular formula is C22H22N2O5. The molecule has 0 aliphatic heterocycles. The number of rotatable bonds is 5. The second-order valence-electron chi connectivity index (χ2n) is 6.65. The molecule has 0 aliphatic carbocycles. The minimum atomic E-state index is -0.687. The van der Waals surface area contributed by atoms with E-state index in [1.807, 2.05) is 45.0 Å². The molecule has 0 fully saturated rings. The van der Waals surface area contributed by atoms with Crippen molar-refractivity contribution in [3.05, 3.63) is 58.8 Å². The highest BCUT2D eigenvalue weighted by atomic mass is 16.5. The summed E-state index contributed by atoms with van der Waals surface area (Å²) < 4.78 is 15.3. The topological polar surface area (TPSA) is 90.7 Å². The third kappa shape index (κ3) is 4.29. The fourth-order valence-electron chi connectivity index (χ4n) is 2.77. The first-order valence-corrected chi connectivity index (χ1v) is 8.96. The smallest absolute Gasteiger partial charge is 0.354 e. The fraction of sp³-hybridized carbons (Fsp3) is 0.227. The Bertz CT molecular complexity index is 1090. The van der Waals surface area contributed by atoms with Crippen LogP contribution in [0.4, 0.5) is 5.69 Å². The molecule has 0 saturated carbocycles. The van der Waals surface area contributed by atoms with Crippen molar-refractivity contribution >= 4 is 28.7 Å². The average molecular weight is 394 g/mol. The number of esters is 2. The van der Waals surface area contributed by atoms with E-state index in [1.54, 1.807) is 6.07 Å². The van der Waals surface area contributed by atoms with Gasteiger partial charge >= 0.3 is 11.9 Å². The second-order valence-corrected chi connectivity index (χ2v) is 6.65. The molecule has 0 amide bonds. The number of ether oxygens (including phenoxy) is 2. The lowest BCUT2D eigenvalue weighted by Gasteiger charge is -2.12. The maximum absolute atomic E-state index is 12.0. The number of benzene rings is 2. The van der Waals surface area contributed by atoms with Gasteiger partial charge < -0.3 is 19.2 Å². The molecule has 0 aliphatic rings. The Morgan fingerprint density at radius 2 is 1.72 bits per heavy atom. The average Bonchev–Trinajstić information content (AvgIpc) is 3.11. The number of aromatic nitrogens is 1. The number of fused-ring (bicyclic) bond motifs is 1. The van der Waals surface area contributed by atoms with Crippen molar-refractivity contribution in [2.24, 2.45) is 0 Å². The summed E-state index contributed by atoms with van der Waals surface area (Å²) in [5.74, 6) is -0.894. The standard InChI is InChI=1S/C22H22N2O5/c1-12-6-7-15(21-24-17-8-13(2)14(3)9-19(17)29-21)10-16(12)23-18(22(26)28-5)11-20(25)27-4/h6-11,23H,1-5H3/b18-11+. The summed E-state index contributed by atoms with van der Waals surface area (Å²) in [5, 5.41) is 2.94. The van der Waals surface area contributed by atoms with Gasteiger partial charge in [0.1, 0.15) is 11.2 Å². The lowest BCUT2D eigenvalue weighted by Crippen LogP contribution is -2.16. The number of carbonyl (C=O) groups excluding carboxylic acids is 2. The van der Waals surface area contributed by atoms with Gasteiger partial charge in [-0.1, -0.05) is 6.07 Å². The van der Waals surface area contributed by atoms with Crippen molar-refractivity contribution in [2.45, 2.75) is 20.8 Å². The summed E-state index contributed by atoms with van der Waals surface area (Å²) in [5.41, 5.74) is 5.91. The predicted octanol–water partition coefficient (Wildman–Crippen LogP) is 4.06. The van der Waals surface area contributed by atoms with Crippen LogP contribution in [-0.2, 0) is 19.1 Å². The molecule has 0 bridgehead atoms. The summed E-state index contributed by atoms with van der Waals surface area (Å²) in [6.07, 6.45) is 1.04. The van der Waals surface area contributed by atoms with Crippen LogP contribution in [-0.4, -0.2) is 31.1 Å². The second kappa shape index (κ2) is 8.18. The van der Waals surface area contributed by atoms with Crippen LogP contribution < -0.4 is 5.32 Å². The summed E-state index contributed by atoms with van der Waals surface area (Å²) in [6, 6.07) is 9.50. The number of methoxy groups -OCH3 is 2. The van der Waals surface area contributed by atoms with E-state index >= 15 is 0 Å². The van der Waals surface area contributed by atoms with Crippen LogP contribution in [0.25, 0.3) is 22.6 Å². The summed E-state index contributed by atoms with van der Waals surface area (Å²) in [7, 11) is 2.47. The lowest BCUT2D eigenvalue weighted by molar-refractivity contribution is -0.138. The summed E-state index contributed by atoms with van der Waals surface area (Å²) in [6.45, 7) is 5.92. The number of carbonyl (C=O) groups is 2. The summed E-state index contributed by atoms with van der Waals surface area (Å²) >= 11 is 0. The van der Waals surface area contributed by atoms with E-state index in [2.05, 4.69) is 15.0 Å². The van der Waals surface area contributed by atoms with Crippen LogP contribution in [0.3, 0.4) is 0 Å². The number of nitrogens with zero attached hydrogens (tertiary/aromatic N) is 1. The molecule has 0 unspecified atom stereocenters. The highest BCUT2D eigenvalue weighted by molar-refractivity contribution is 5.99. The zero-order valence-electron chi connectivity index (χ0n) is 17.0. The normalized spacial score (nSPS) is 11.4. The molecule has 0 spiro atoms. The zero-order chi connectivity index (χ0) is 21.1. The summed E-state index contributed by atoms with van der Waals surface area (Å²) in [4.78, 5) is 28.2. The maximum atomic E-state index is 12.0. The number of hydrogen-bond acceptors (Lipinski definition) is 7. The Morgan fingerprint density at radius 1 is 1.00 bits per heavy atom. The van der Waals surface area contributed by atoms with Gasteiger partial charge in [-0.25, -0.2) is 14.6 Å². The third-order valence-electron chi connectivity index (χ3n) is 4.63. The van der Waals surface area contributed by atoms with Gasteiger partial charge in [0.05, 0.1) is 20.3 Å². The van der Waals surface area contributed by atoms with Crippen molar-refractivity contribution in [1.29, 1.82) is 0 Å². The first kappa shape index (κ1) is 20.1. The molecule has 2 aromatic carbocycles. The lowest BCUT2D eigenvalue weighted by atomic mass is 10.1.